The minimum atomic E-state index is -0.590. The van der Waals surface area contributed by atoms with Gasteiger partial charge in [0, 0.05) is 58.9 Å². The smallest absolute Gasteiger partial charge is 0.257 e. The molecule has 0 spiro atoms. The van der Waals surface area contributed by atoms with E-state index in [1.807, 2.05) is 18.2 Å². The Balaban J connectivity index is 1.18. The Bertz CT molecular complexity index is 1010. The van der Waals surface area contributed by atoms with Crippen LogP contribution in [0.15, 0.2) is 42.5 Å². The molecule has 0 aliphatic carbocycles. The van der Waals surface area contributed by atoms with Crippen LogP contribution in [0, 0.1) is 0 Å². The largest absolute Gasteiger partial charge is 0.491 e. The van der Waals surface area contributed by atoms with Crippen LogP contribution in [0.25, 0.3) is 0 Å². The molecule has 1 fully saturated rings. The molecule has 1 amide bonds. The van der Waals surface area contributed by atoms with Crippen molar-refractivity contribution in [3.8, 4) is 5.75 Å². The molecular formula is C27H36N4O3. The average Bonchev–Trinajstić information content (AvgIpc) is 2.99. The van der Waals surface area contributed by atoms with E-state index in [4.69, 9.17) is 4.74 Å². The fourth-order valence-corrected chi connectivity index (χ4v) is 5.26. The number of hydrogen-bond donors (Lipinski definition) is 1. The average molecular weight is 465 g/mol. The number of aliphatic hydroxyl groups excluding tert-OH is 1. The van der Waals surface area contributed by atoms with Gasteiger partial charge < -0.3 is 19.6 Å². The van der Waals surface area contributed by atoms with Crippen LogP contribution in [0.4, 0.5) is 0 Å². The predicted molar refractivity (Wildman–Crippen MR) is 132 cm³/mol. The van der Waals surface area contributed by atoms with E-state index >= 15 is 0 Å². The molecule has 3 heterocycles. The molecular weight excluding hydrogens is 428 g/mol. The highest BCUT2D eigenvalue weighted by atomic mass is 16.5. The number of rotatable bonds is 6. The quantitative estimate of drug-likeness (QED) is 0.702. The maximum absolute atomic E-state index is 13.3. The fraction of sp³-hybridized carbons (Fsp3) is 0.519. The Morgan fingerprint density at radius 2 is 1.74 bits per heavy atom. The highest BCUT2D eigenvalue weighted by molar-refractivity contribution is 5.97. The Kier molecular flexibility index (Phi) is 7.15. The zero-order chi connectivity index (χ0) is 23.5. The molecule has 3 aliphatic rings. The summed E-state index contributed by atoms with van der Waals surface area (Å²) >= 11 is 0. The maximum Gasteiger partial charge on any atom is 0.257 e. The van der Waals surface area contributed by atoms with Crippen LogP contribution in [0.2, 0.25) is 0 Å². The summed E-state index contributed by atoms with van der Waals surface area (Å²) in [5.74, 6) is 0.614. The maximum atomic E-state index is 13.3. The fourth-order valence-electron chi connectivity index (χ4n) is 5.26. The van der Waals surface area contributed by atoms with Gasteiger partial charge in [-0.1, -0.05) is 30.3 Å². The zero-order valence-corrected chi connectivity index (χ0v) is 20.2. The number of nitrogens with zero attached hydrogens (tertiary/aromatic N) is 4. The monoisotopic (exact) mass is 464 g/mol. The number of piperazine rings is 1. The van der Waals surface area contributed by atoms with Crippen molar-refractivity contribution in [1.29, 1.82) is 0 Å². The van der Waals surface area contributed by atoms with E-state index < -0.39 is 6.10 Å². The second-order valence-corrected chi connectivity index (χ2v) is 9.92. The van der Waals surface area contributed by atoms with Gasteiger partial charge in [0.15, 0.2) is 0 Å². The molecule has 2 aromatic rings. The molecule has 1 N–H and O–H groups in total. The number of ether oxygens (including phenoxy) is 1. The number of hydrogen-bond acceptors (Lipinski definition) is 6. The minimum absolute atomic E-state index is 0.0540. The molecule has 1 saturated heterocycles. The highest BCUT2D eigenvalue weighted by Gasteiger charge is 2.27. The summed E-state index contributed by atoms with van der Waals surface area (Å²) < 4.78 is 5.99. The van der Waals surface area contributed by atoms with Crippen LogP contribution < -0.4 is 4.74 Å². The van der Waals surface area contributed by atoms with Crippen LogP contribution >= 0.6 is 0 Å². The lowest BCUT2D eigenvalue weighted by atomic mass is 10.00. The number of aliphatic hydroxyl groups is 1. The summed E-state index contributed by atoms with van der Waals surface area (Å²) in [7, 11) is 2.16. The zero-order valence-electron chi connectivity index (χ0n) is 20.2. The molecule has 0 bridgehead atoms. The molecule has 182 valence electrons. The van der Waals surface area contributed by atoms with E-state index in [0.29, 0.717) is 37.6 Å². The summed E-state index contributed by atoms with van der Waals surface area (Å²) in [6, 6.07) is 14.5. The summed E-state index contributed by atoms with van der Waals surface area (Å²) in [5.41, 5.74) is 4.51. The summed E-state index contributed by atoms with van der Waals surface area (Å²) in [5, 5.41) is 10.8. The third-order valence-electron chi connectivity index (χ3n) is 7.29. The number of carbonyl (C=O) groups is 1. The first-order valence-electron chi connectivity index (χ1n) is 12.5. The van der Waals surface area contributed by atoms with Gasteiger partial charge in [0.05, 0.1) is 18.2 Å². The van der Waals surface area contributed by atoms with Gasteiger partial charge in [0.2, 0.25) is 0 Å². The van der Waals surface area contributed by atoms with Gasteiger partial charge in [-0.3, -0.25) is 14.6 Å². The molecule has 1 atom stereocenters. The minimum Gasteiger partial charge on any atom is -0.491 e. The third kappa shape index (κ3) is 5.44. The Morgan fingerprint density at radius 1 is 0.941 bits per heavy atom. The molecule has 5 rings (SSSR count). The Hall–Kier alpha value is -2.45. The SMILES string of the molecule is CN1CCN(Cc2ccc3c(c2)OCCN(CC(O)CN2CCc4ccccc4C2)C3=O)CC1. The van der Waals surface area contributed by atoms with Crippen LogP contribution in [-0.4, -0.2) is 103 Å². The van der Waals surface area contributed by atoms with Gasteiger partial charge in [0.1, 0.15) is 12.4 Å². The van der Waals surface area contributed by atoms with Crippen molar-refractivity contribution in [1.82, 2.24) is 19.6 Å². The van der Waals surface area contributed by atoms with Crippen molar-refractivity contribution < 1.29 is 14.6 Å². The lowest BCUT2D eigenvalue weighted by Gasteiger charge is -2.32. The van der Waals surface area contributed by atoms with Crippen molar-refractivity contribution in [2.75, 3.05) is 66.0 Å². The van der Waals surface area contributed by atoms with Gasteiger partial charge in [-0.05, 0) is 42.3 Å². The standard InChI is InChI=1S/C27H36N4O3/c1-28-10-12-29(13-11-28)17-21-6-7-25-26(16-21)34-15-14-31(27(25)33)20-24(32)19-30-9-8-22-4-2-3-5-23(22)18-30/h2-7,16,24,32H,8-15,17-20H2,1H3. The van der Waals surface area contributed by atoms with Crippen molar-refractivity contribution in [2.45, 2.75) is 25.6 Å². The van der Waals surface area contributed by atoms with Crippen LogP contribution in [-0.2, 0) is 19.5 Å². The molecule has 0 radical (unpaired) electrons. The number of benzene rings is 2. The molecule has 1 unspecified atom stereocenters. The topological polar surface area (TPSA) is 59.5 Å². The molecule has 7 heteroatoms. The van der Waals surface area contributed by atoms with Crippen molar-refractivity contribution >= 4 is 5.91 Å². The molecule has 7 nitrogen and oxygen atoms in total. The van der Waals surface area contributed by atoms with Gasteiger partial charge in [-0.15, -0.1) is 0 Å². The van der Waals surface area contributed by atoms with Gasteiger partial charge in [0.25, 0.3) is 5.91 Å². The van der Waals surface area contributed by atoms with Crippen LogP contribution in [0.1, 0.15) is 27.0 Å². The highest BCUT2D eigenvalue weighted by Crippen LogP contribution is 2.26. The second kappa shape index (κ2) is 10.4. The van der Waals surface area contributed by atoms with Crippen molar-refractivity contribution in [2.24, 2.45) is 0 Å². The molecule has 34 heavy (non-hydrogen) atoms. The van der Waals surface area contributed by atoms with Crippen LogP contribution in [0.3, 0.4) is 0 Å². The Labute approximate surface area is 202 Å². The lowest BCUT2D eigenvalue weighted by Crippen LogP contribution is -2.44. The van der Waals surface area contributed by atoms with E-state index in [2.05, 4.69) is 46.0 Å². The predicted octanol–water partition coefficient (Wildman–Crippen LogP) is 1.69. The summed E-state index contributed by atoms with van der Waals surface area (Å²) in [4.78, 5) is 22.1. The van der Waals surface area contributed by atoms with Crippen molar-refractivity contribution in [3.63, 3.8) is 0 Å². The van der Waals surface area contributed by atoms with Crippen molar-refractivity contribution in [3.05, 3.63) is 64.7 Å². The van der Waals surface area contributed by atoms with E-state index in [-0.39, 0.29) is 5.91 Å². The molecule has 0 aromatic heterocycles. The Morgan fingerprint density at radius 3 is 2.56 bits per heavy atom. The van der Waals surface area contributed by atoms with E-state index in [1.165, 1.54) is 16.7 Å². The first-order chi connectivity index (χ1) is 16.5. The number of amides is 1. The summed E-state index contributed by atoms with van der Waals surface area (Å²) in [6.07, 6.45) is 0.413. The first-order valence-corrected chi connectivity index (χ1v) is 12.5. The third-order valence-corrected chi connectivity index (χ3v) is 7.29. The van der Waals surface area contributed by atoms with E-state index in [0.717, 1.165) is 52.2 Å². The van der Waals surface area contributed by atoms with E-state index in [1.54, 1.807) is 4.90 Å². The normalized spacial score (nSPS) is 20.9. The second-order valence-electron chi connectivity index (χ2n) is 9.92. The van der Waals surface area contributed by atoms with Gasteiger partial charge in [-0.2, -0.15) is 0 Å². The van der Waals surface area contributed by atoms with Crippen LogP contribution in [0.5, 0.6) is 5.75 Å². The lowest BCUT2D eigenvalue weighted by molar-refractivity contribution is 0.0501. The number of fused-ring (bicyclic) bond motifs is 2. The molecule has 3 aliphatic heterocycles. The number of carbonyl (C=O) groups excluding carboxylic acids is 1. The number of β-amino-alcohol motifs (C(OH)–C–C–N with tert-alkyl or cyclic N) is 1. The van der Waals surface area contributed by atoms with E-state index in [9.17, 15) is 9.90 Å². The molecule has 2 aromatic carbocycles. The summed E-state index contributed by atoms with van der Waals surface area (Å²) in [6.45, 7) is 8.76. The first kappa shape index (κ1) is 23.3. The van der Waals surface area contributed by atoms with Gasteiger partial charge in [-0.25, -0.2) is 0 Å². The molecule has 0 saturated carbocycles. The number of likely N-dealkylation sites (N-methyl/N-ethyl adjacent to an activating group) is 1. The van der Waals surface area contributed by atoms with Gasteiger partial charge >= 0.3 is 0 Å².